The van der Waals surface area contributed by atoms with E-state index >= 15 is 0 Å². The predicted octanol–water partition coefficient (Wildman–Crippen LogP) is 20.5. The number of benzene rings is 9. The molecule has 0 unspecified atom stereocenters. The van der Waals surface area contributed by atoms with E-state index in [9.17, 15) is 0 Å². The van der Waals surface area contributed by atoms with Crippen LogP contribution in [-0.4, -0.2) is 0 Å². The Labute approximate surface area is 430 Å². The van der Waals surface area contributed by atoms with Gasteiger partial charge in [0.15, 0.2) is 11.5 Å². The van der Waals surface area contributed by atoms with Gasteiger partial charge in [0.2, 0.25) is 0 Å². The van der Waals surface area contributed by atoms with Gasteiger partial charge in [-0.1, -0.05) is 204 Å². The van der Waals surface area contributed by atoms with Crippen molar-refractivity contribution in [3.8, 4) is 78.3 Å². The summed E-state index contributed by atoms with van der Waals surface area (Å²) in [5.74, 6) is 1.65. The Morgan fingerprint density at radius 2 is 0.472 bits per heavy atom. The van der Waals surface area contributed by atoms with Gasteiger partial charge < -0.3 is 9.64 Å². The van der Waals surface area contributed by atoms with Crippen LogP contribution in [0, 0.1) is 0 Å². The third-order valence-electron chi connectivity index (χ3n) is 14.5. The molecule has 0 atom stereocenters. The molecule has 9 aromatic carbocycles. The molecule has 2 heteroatoms. The number of rotatable bonds is 7. The van der Waals surface area contributed by atoms with Crippen LogP contribution in [0.3, 0.4) is 0 Å². The van der Waals surface area contributed by atoms with Crippen LogP contribution in [0.25, 0.3) is 66.8 Å². The Kier molecular flexibility index (Phi) is 12.3. The fraction of sp³-hybridized carbons (Fsp3) is 0.229. The molecule has 0 spiro atoms. The minimum absolute atomic E-state index is 0.0524. The van der Waals surface area contributed by atoms with Gasteiger partial charge in [0.05, 0.1) is 11.4 Å². The van der Waals surface area contributed by atoms with Crippen LogP contribution in [0.5, 0.6) is 11.5 Å². The lowest BCUT2D eigenvalue weighted by molar-refractivity contribution is 0.477. The maximum Gasteiger partial charge on any atom is 0.151 e. The zero-order valence-electron chi connectivity index (χ0n) is 44.4. The number of para-hydroxylation sites is 4. The number of ether oxygens (including phenoxy) is 1. The molecule has 10 rings (SSSR count). The number of hydrogen-bond donors (Lipinski definition) is 0. The molecule has 0 fully saturated rings. The molecule has 72 heavy (non-hydrogen) atoms. The predicted molar refractivity (Wildman–Crippen MR) is 309 cm³/mol. The van der Waals surface area contributed by atoms with Crippen molar-refractivity contribution in [1.29, 1.82) is 0 Å². The van der Waals surface area contributed by atoms with Crippen LogP contribution >= 0.6 is 0 Å². The monoisotopic (exact) mass is 940 g/mol. The summed E-state index contributed by atoms with van der Waals surface area (Å²) in [7, 11) is 0. The Hall–Kier alpha value is -7.42. The molecule has 1 aliphatic heterocycles. The van der Waals surface area contributed by atoms with E-state index in [0.717, 1.165) is 50.8 Å². The first-order valence-corrected chi connectivity index (χ1v) is 25.7. The highest BCUT2D eigenvalue weighted by atomic mass is 16.5. The summed E-state index contributed by atoms with van der Waals surface area (Å²) in [4.78, 5) is 2.38. The van der Waals surface area contributed by atoms with Crippen LogP contribution in [0.15, 0.2) is 200 Å². The van der Waals surface area contributed by atoms with Crippen molar-refractivity contribution in [3.63, 3.8) is 0 Å². The van der Waals surface area contributed by atoms with Crippen LogP contribution < -0.4 is 9.64 Å². The van der Waals surface area contributed by atoms with Gasteiger partial charge in [0.25, 0.3) is 0 Å². The molecule has 0 amide bonds. The van der Waals surface area contributed by atoms with Crippen LogP contribution in [0.2, 0.25) is 0 Å². The van der Waals surface area contributed by atoms with E-state index in [-0.39, 0.29) is 21.7 Å². The summed E-state index contributed by atoms with van der Waals surface area (Å²) in [6, 6.07) is 75.0. The van der Waals surface area contributed by atoms with Gasteiger partial charge in [-0.3, -0.25) is 0 Å². The topological polar surface area (TPSA) is 12.5 Å². The number of anilines is 3. The molecule has 0 radical (unpaired) electrons. The third kappa shape index (κ3) is 9.93. The molecule has 0 aliphatic carbocycles. The largest absolute Gasteiger partial charge is 0.453 e. The van der Waals surface area contributed by atoms with E-state index in [1.807, 2.05) is 0 Å². The Morgan fingerprint density at radius 1 is 0.250 bits per heavy atom. The number of hydrogen-bond acceptors (Lipinski definition) is 2. The summed E-state index contributed by atoms with van der Waals surface area (Å²) in [5, 5.41) is 0. The molecule has 0 saturated heterocycles. The number of nitrogens with zero attached hydrogens (tertiary/aromatic N) is 1. The van der Waals surface area contributed by atoms with Crippen molar-refractivity contribution < 1.29 is 4.74 Å². The second-order valence-corrected chi connectivity index (χ2v) is 24.0. The van der Waals surface area contributed by atoms with E-state index in [2.05, 4.69) is 288 Å². The standard InChI is InChI=1S/C70H69NO/c1-67(2,3)58-29-21-46(22-30-58)50-37-51(47-23-31-59(32-24-47)68(4,5)6)40-54(39-50)56-43-57(45-62(44-56)71-63-17-13-15-19-65(63)72-66-20-16-14-18-64(66)71)55-41-52(48-25-33-60(34-26-48)69(7,8)9)38-53(42-55)49-27-35-61(36-28-49)70(10,11)12/h13-45H,1-12H3. The SMILES string of the molecule is CC(C)(C)c1ccc(-c2cc(-c3ccc(C(C)(C)C)cc3)cc(-c3cc(-c4cc(-c5ccc(C(C)(C)C)cc5)cc(-c5ccc(C(C)(C)C)cc5)c4)cc(N4c5ccccc5Oc5ccccc54)c3)c2)cc1. The quantitative estimate of drug-likeness (QED) is 0.158. The zero-order valence-corrected chi connectivity index (χ0v) is 44.4. The molecule has 0 N–H and O–H groups in total. The van der Waals surface area contributed by atoms with E-state index < -0.39 is 0 Å². The Morgan fingerprint density at radius 3 is 0.722 bits per heavy atom. The lowest BCUT2D eigenvalue weighted by Gasteiger charge is -2.33. The van der Waals surface area contributed by atoms with Gasteiger partial charge in [-0.05, 0) is 190 Å². The summed E-state index contributed by atoms with van der Waals surface area (Å²) < 4.78 is 6.59. The smallest absolute Gasteiger partial charge is 0.151 e. The average Bonchev–Trinajstić information content (AvgIpc) is 3.36. The van der Waals surface area contributed by atoms with E-state index in [1.54, 1.807) is 0 Å². The second kappa shape index (κ2) is 18.3. The molecular formula is C70H69NO. The summed E-state index contributed by atoms with van der Waals surface area (Å²) >= 11 is 0. The highest BCUT2D eigenvalue weighted by Crippen LogP contribution is 2.52. The van der Waals surface area contributed by atoms with Crippen molar-refractivity contribution in [2.24, 2.45) is 0 Å². The van der Waals surface area contributed by atoms with E-state index in [1.165, 1.54) is 66.8 Å². The van der Waals surface area contributed by atoms with Gasteiger partial charge in [0.1, 0.15) is 0 Å². The third-order valence-corrected chi connectivity index (χ3v) is 14.5. The van der Waals surface area contributed by atoms with Gasteiger partial charge in [0, 0.05) is 5.69 Å². The van der Waals surface area contributed by atoms with Crippen molar-refractivity contribution in [1.82, 2.24) is 0 Å². The first-order valence-electron chi connectivity index (χ1n) is 25.7. The molecule has 1 aliphatic rings. The minimum Gasteiger partial charge on any atom is -0.453 e. The maximum atomic E-state index is 6.59. The first-order chi connectivity index (χ1) is 34.2. The van der Waals surface area contributed by atoms with E-state index in [0.29, 0.717) is 0 Å². The highest BCUT2D eigenvalue weighted by molar-refractivity contribution is 5.92. The molecule has 0 bridgehead atoms. The Balaban J connectivity index is 1.23. The Bertz CT molecular complexity index is 3040. The molecular weight excluding hydrogens is 871 g/mol. The van der Waals surface area contributed by atoms with Crippen LogP contribution in [-0.2, 0) is 21.7 Å². The van der Waals surface area contributed by atoms with Gasteiger partial charge in [-0.2, -0.15) is 0 Å². The van der Waals surface area contributed by atoms with Crippen molar-refractivity contribution >= 4 is 17.1 Å². The zero-order chi connectivity index (χ0) is 50.7. The molecule has 9 aromatic rings. The van der Waals surface area contributed by atoms with Gasteiger partial charge in [-0.15, -0.1) is 0 Å². The van der Waals surface area contributed by atoms with Crippen molar-refractivity contribution in [2.75, 3.05) is 4.90 Å². The number of fused-ring (bicyclic) bond motifs is 2. The van der Waals surface area contributed by atoms with Crippen molar-refractivity contribution in [3.05, 3.63) is 222 Å². The summed E-state index contributed by atoms with van der Waals surface area (Å²) in [5.41, 5.74) is 22.6. The average molecular weight is 940 g/mol. The van der Waals surface area contributed by atoms with Gasteiger partial charge >= 0.3 is 0 Å². The lowest BCUT2D eigenvalue weighted by atomic mass is 9.84. The molecule has 360 valence electrons. The fourth-order valence-electron chi connectivity index (χ4n) is 9.96. The molecule has 0 aromatic heterocycles. The summed E-state index contributed by atoms with van der Waals surface area (Å²) in [6.45, 7) is 27.4. The molecule has 2 nitrogen and oxygen atoms in total. The minimum atomic E-state index is 0.0524. The van der Waals surface area contributed by atoms with Crippen molar-refractivity contribution in [2.45, 2.75) is 105 Å². The maximum absolute atomic E-state index is 6.59. The normalized spacial score (nSPS) is 12.8. The first kappa shape index (κ1) is 48.2. The van der Waals surface area contributed by atoms with E-state index in [4.69, 9.17) is 4.74 Å². The highest BCUT2D eigenvalue weighted by Gasteiger charge is 2.27. The fourth-order valence-corrected chi connectivity index (χ4v) is 9.96. The summed E-state index contributed by atoms with van der Waals surface area (Å²) in [6.07, 6.45) is 0. The lowest BCUT2D eigenvalue weighted by Crippen LogP contribution is -2.15. The molecule has 0 saturated carbocycles. The van der Waals surface area contributed by atoms with Gasteiger partial charge in [-0.25, -0.2) is 0 Å². The molecule has 1 heterocycles. The second-order valence-electron chi connectivity index (χ2n) is 24.0. The van der Waals surface area contributed by atoms with Crippen LogP contribution in [0.4, 0.5) is 17.1 Å². The van der Waals surface area contributed by atoms with Crippen LogP contribution in [0.1, 0.15) is 105 Å².